The van der Waals surface area contributed by atoms with E-state index in [1.165, 1.54) is 5.56 Å². The Kier molecular flexibility index (Phi) is 4.80. The van der Waals surface area contributed by atoms with Gasteiger partial charge in [0.25, 0.3) is 0 Å². The third kappa shape index (κ3) is 3.93. The van der Waals surface area contributed by atoms with Crippen molar-refractivity contribution in [3.05, 3.63) is 34.9 Å². The van der Waals surface area contributed by atoms with Crippen molar-refractivity contribution >= 4 is 17.6 Å². The minimum Gasteiger partial charge on any atom is -0.480 e. The van der Waals surface area contributed by atoms with E-state index in [0.29, 0.717) is 0 Å². The van der Waals surface area contributed by atoms with Crippen molar-refractivity contribution in [1.82, 2.24) is 9.80 Å². The van der Waals surface area contributed by atoms with Crippen molar-refractivity contribution in [3.63, 3.8) is 0 Å². The fraction of sp³-hybridized carbons (Fsp3) is 0.500. The molecule has 1 saturated heterocycles. The van der Waals surface area contributed by atoms with Crippen LogP contribution in [0.3, 0.4) is 0 Å². The Morgan fingerprint density at radius 1 is 1.37 bits per heavy atom. The Balaban J connectivity index is 1.85. The van der Waals surface area contributed by atoms with Crippen LogP contribution in [0.5, 0.6) is 0 Å². The zero-order valence-corrected chi connectivity index (χ0v) is 11.8. The first-order valence-electron chi connectivity index (χ1n) is 6.50. The maximum absolute atomic E-state index is 10.9. The Morgan fingerprint density at radius 3 is 2.63 bits per heavy atom. The van der Waals surface area contributed by atoms with Gasteiger partial charge in [0, 0.05) is 37.7 Å². The quantitative estimate of drug-likeness (QED) is 0.916. The molecule has 1 atom stereocenters. The molecule has 0 aromatic heterocycles. The predicted molar refractivity (Wildman–Crippen MR) is 75.4 cm³/mol. The third-order valence-corrected chi connectivity index (χ3v) is 3.84. The van der Waals surface area contributed by atoms with E-state index in [0.717, 1.165) is 37.7 Å². The lowest BCUT2D eigenvalue weighted by Gasteiger charge is -2.36. The minimum atomic E-state index is -0.747. The first-order valence-corrected chi connectivity index (χ1v) is 6.87. The molecule has 1 N–H and O–H groups in total. The molecule has 1 fully saturated rings. The second-order valence-corrected chi connectivity index (χ2v) is 5.39. The van der Waals surface area contributed by atoms with Gasteiger partial charge in [-0.15, -0.1) is 0 Å². The molecule has 0 radical (unpaired) electrons. The Bertz CT molecular complexity index is 445. The van der Waals surface area contributed by atoms with Crippen LogP contribution in [0.1, 0.15) is 12.5 Å². The summed E-state index contributed by atoms with van der Waals surface area (Å²) in [5.74, 6) is -0.747. The molecule has 0 unspecified atom stereocenters. The zero-order chi connectivity index (χ0) is 13.8. The highest BCUT2D eigenvalue weighted by Gasteiger charge is 2.24. The van der Waals surface area contributed by atoms with Crippen LogP contribution in [0, 0.1) is 0 Å². The van der Waals surface area contributed by atoms with Gasteiger partial charge in [-0.1, -0.05) is 23.7 Å². The van der Waals surface area contributed by atoms with Gasteiger partial charge < -0.3 is 5.11 Å². The summed E-state index contributed by atoms with van der Waals surface area (Å²) < 4.78 is 0. The zero-order valence-electron chi connectivity index (χ0n) is 11.1. The summed E-state index contributed by atoms with van der Waals surface area (Å²) in [6, 6.07) is 7.48. The molecule has 2 rings (SSSR count). The van der Waals surface area contributed by atoms with E-state index in [4.69, 9.17) is 16.7 Å². The highest BCUT2D eigenvalue weighted by atomic mass is 35.5. The molecule has 1 aliphatic heterocycles. The van der Waals surface area contributed by atoms with Crippen molar-refractivity contribution in [1.29, 1.82) is 0 Å². The second kappa shape index (κ2) is 6.37. The fourth-order valence-corrected chi connectivity index (χ4v) is 2.57. The van der Waals surface area contributed by atoms with E-state index in [1.807, 2.05) is 23.1 Å². The number of carboxylic acid groups (broad SMARTS) is 1. The summed E-state index contributed by atoms with van der Waals surface area (Å²) in [4.78, 5) is 15.3. The topological polar surface area (TPSA) is 43.8 Å². The SMILES string of the molecule is C[C@@H](C(=O)O)N1CCN(Cc2cccc(Cl)c2)CC1. The van der Waals surface area contributed by atoms with Crippen LogP contribution < -0.4 is 0 Å². The monoisotopic (exact) mass is 282 g/mol. The van der Waals surface area contributed by atoms with Crippen LogP contribution in [0.15, 0.2) is 24.3 Å². The number of benzene rings is 1. The van der Waals surface area contributed by atoms with E-state index >= 15 is 0 Å². The Hall–Kier alpha value is -1.10. The number of piperazine rings is 1. The smallest absolute Gasteiger partial charge is 0.320 e. The van der Waals surface area contributed by atoms with Crippen molar-refractivity contribution in [2.24, 2.45) is 0 Å². The van der Waals surface area contributed by atoms with Crippen LogP contribution in [0.25, 0.3) is 0 Å². The van der Waals surface area contributed by atoms with Crippen LogP contribution >= 0.6 is 11.6 Å². The van der Waals surface area contributed by atoms with E-state index in [9.17, 15) is 4.79 Å². The van der Waals surface area contributed by atoms with Gasteiger partial charge in [-0.2, -0.15) is 0 Å². The summed E-state index contributed by atoms with van der Waals surface area (Å²) in [6.07, 6.45) is 0. The molecule has 1 heterocycles. The van der Waals surface area contributed by atoms with Crippen LogP contribution in [0.4, 0.5) is 0 Å². The van der Waals surface area contributed by atoms with Crippen molar-refractivity contribution in [2.45, 2.75) is 19.5 Å². The maximum atomic E-state index is 10.9. The second-order valence-electron chi connectivity index (χ2n) is 4.96. The molecule has 1 aromatic rings. The van der Waals surface area contributed by atoms with Crippen LogP contribution in [0.2, 0.25) is 5.02 Å². The molecule has 104 valence electrons. The first kappa shape index (κ1) is 14.3. The van der Waals surface area contributed by atoms with Gasteiger partial charge in [-0.3, -0.25) is 14.6 Å². The average molecular weight is 283 g/mol. The molecule has 0 bridgehead atoms. The van der Waals surface area contributed by atoms with Gasteiger partial charge in [-0.05, 0) is 24.6 Å². The molecule has 0 aliphatic carbocycles. The number of aliphatic carboxylic acids is 1. The number of carboxylic acids is 1. The van der Waals surface area contributed by atoms with Crippen molar-refractivity contribution in [2.75, 3.05) is 26.2 Å². The third-order valence-electron chi connectivity index (χ3n) is 3.61. The normalized spacial score (nSPS) is 19.3. The first-order chi connectivity index (χ1) is 9.06. The van der Waals surface area contributed by atoms with E-state index < -0.39 is 12.0 Å². The Labute approximate surface area is 118 Å². The molecule has 0 spiro atoms. The van der Waals surface area contributed by atoms with Crippen LogP contribution in [-0.4, -0.2) is 53.1 Å². The summed E-state index contributed by atoms with van der Waals surface area (Å²) >= 11 is 5.97. The van der Waals surface area contributed by atoms with Gasteiger partial charge in [0.05, 0.1) is 0 Å². The van der Waals surface area contributed by atoms with Crippen LogP contribution in [-0.2, 0) is 11.3 Å². The van der Waals surface area contributed by atoms with Gasteiger partial charge >= 0.3 is 5.97 Å². The van der Waals surface area contributed by atoms with Gasteiger partial charge in [0.15, 0.2) is 0 Å². The van der Waals surface area contributed by atoms with Crippen molar-refractivity contribution < 1.29 is 9.90 Å². The molecule has 1 aliphatic rings. The fourth-order valence-electron chi connectivity index (χ4n) is 2.36. The number of halogens is 1. The molecule has 19 heavy (non-hydrogen) atoms. The number of rotatable bonds is 4. The number of nitrogens with zero attached hydrogens (tertiary/aromatic N) is 2. The molecule has 0 amide bonds. The van der Waals surface area contributed by atoms with Gasteiger partial charge in [0.2, 0.25) is 0 Å². The lowest BCUT2D eigenvalue weighted by Crippen LogP contribution is -2.51. The number of hydrogen-bond acceptors (Lipinski definition) is 3. The van der Waals surface area contributed by atoms with Crippen molar-refractivity contribution in [3.8, 4) is 0 Å². The summed E-state index contributed by atoms with van der Waals surface area (Å²) in [6.45, 7) is 6.00. The summed E-state index contributed by atoms with van der Waals surface area (Å²) in [5.41, 5.74) is 1.20. The summed E-state index contributed by atoms with van der Waals surface area (Å²) in [7, 11) is 0. The molecule has 0 saturated carbocycles. The standard InChI is InChI=1S/C14H19ClN2O2/c1-11(14(18)19)17-7-5-16(6-8-17)10-12-3-2-4-13(15)9-12/h2-4,9,11H,5-8,10H2,1H3,(H,18,19)/t11-/m0/s1. The lowest BCUT2D eigenvalue weighted by molar-refractivity contribution is -0.143. The summed E-state index contributed by atoms with van der Waals surface area (Å²) in [5, 5.41) is 9.76. The highest BCUT2D eigenvalue weighted by Crippen LogP contribution is 2.14. The van der Waals surface area contributed by atoms with E-state index in [2.05, 4.69) is 11.0 Å². The maximum Gasteiger partial charge on any atom is 0.320 e. The predicted octanol–water partition coefficient (Wildman–Crippen LogP) is 1.93. The largest absolute Gasteiger partial charge is 0.480 e. The molecule has 1 aromatic carbocycles. The highest BCUT2D eigenvalue weighted by molar-refractivity contribution is 6.30. The lowest BCUT2D eigenvalue weighted by atomic mass is 10.2. The number of hydrogen-bond donors (Lipinski definition) is 1. The number of carbonyl (C=O) groups is 1. The van der Waals surface area contributed by atoms with Gasteiger partial charge in [-0.25, -0.2) is 0 Å². The van der Waals surface area contributed by atoms with E-state index in [1.54, 1.807) is 6.92 Å². The molecular formula is C14H19ClN2O2. The van der Waals surface area contributed by atoms with E-state index in [-0.39, 0.29) is 0 Å². The van der Waals surface area contributed by atoms with Gasteiger partial charge in [0.1, 0.15) is 6.04 Å². The molecule has 4 nitrogen and oxygen atoms in total. The Morgan fingerprint density at radius 2 is 2.05 bits per heavy atom. The molecule has 5 heteroatoms. The minimum absolute atomic E-state index is 0.395. The average Bonchev–Trinajstić information content (AvgIpc) is 2.39. The molecular weight excluding hydrogens is 264 g/mol.